The van der Waals surface area contributed by atoms with Crippen molar-refractivity contribution in [1.29, 1.82) is 0 Å². The highest BCUT2D eigenvalue weighted by Gasteiger charge is 2.11. The van der Waals surface area contributed by atoms with Crippen LogP contribution in [-0.2, 0) is 9.68 Å². The van der Waals surface area contributed by atoms with Gasteiger partial charge in [-0.15, -0.1) is 11.2 Å². The average Bonchev–Trinajstić information content (AvgIpc) is 1.81. The second kappa shape index (κ2) is 4.91. The lowest BCUT2D eigenvalue weighted by Crippen LogP contribution is -2.40. The zero-order valence-corrected chi connectivity index (χ0v) is 9.52. The van der Waals surface area contributed by atoms with Gasteiger partial charge in [0.1, 0.15) is 0 Å². The van der Waals surface area contributed by atoms with E-state index in [4.69, 9.17) is 9.68 Å². The second-order valence-corrected chi connectivity index (χ2v) is 5.27. The van der Waals surface area contributed by atoms with Gasteiger partial charge in [0, 0.05) is 0 Å². The fraction of sp³-hybridized carbons (Fsp3) is 1.00. The molecule has 0 amide bonds. The maximum absolute atomic E-state index is 5.16. The van der Waals surface area contributed by atoms with Crippen molar-refractivity contribution < 1.29 is 9.68 Å². The molecule has 0 aliphatic rings. The van der Waals surface area contributed by atoms with E-state index in [9.17, 15) is 0 Å². The molecule has 0 heterocycles. The van der Waals surface area contributed by atoms with Crippen LogP contribution in [0.3, 0.4) is 0 Å². The van der Waals surface area contributed by atoms with E-state index in [-0.39, 0.29) is 11.0 Å². The maximum atomic E-state index is 5.16. The fourth-order valence-electron chi connectivity index (χ4n) is 0.456. The summed E-state index contributed by atoms with van der Waals surface area (Å²) in [7, 11) is 0. The van der Waals surface area contributed by atoms with Gasteiger partial charge >= 0.3 is 0 Å². The summed E-state index contributed by atoms with van der Waals surface area (Å²) in [6.45, 7) is 12.8. The third-order valence-corrected chi connectivity index (χ3v) is 0.976. The molecule has 0 bridgehead atoms. The first-order valence-electron chi connectivity index (χ1n) is 4.50. The Morgan fingerprint density at radius 3 is 1.85 bits per heavy atom. The third-order valence-electron chi connectivity index (χ3n) is 0.976. The monoisotopic (exact) mass is 190 g/mol. The summed E-state index contributed by atoms with van der Waals surface area (Å²) < 4.78 is 0. The molecule has 0 unspecified atom stereocenters. The largest absolute Gasteiger partial charge is 0.285 e. The minimum atomic E-state index is -0.224. The molecule has 0 aliphatic heterocycles. The van der Waals surface area contributed by atoms with Crippen molar-refractivity contribution in [2.45, 2.75) is 47.1 Å². The van der Waals surface area contributed by atoms with Crippen LogP contribution in [0, 0.1) is 5.41 Å². The van der Waals surface area contributed by atoms with Crippen LogP contribution in [0.4, 0.5) is 0 Å². The highest BCUT2D eigenvalue weighted by Crippen LogP contribution is 2.11. The van der Waals surface area contributed by atoms with Crippen LogP contribution in [0.15, 0.2) is 0 Å². The summed E-state index contributed by atoms with van der Waals surface area (Å²) in [5, 5.41) is 0. The van der Waals surface area contributed by atoms with Gasteiger partial charge in [-0.25, -0.2) is 0 Å². The Labute approximate surface area is 80.9 Å². The Bertz CT molecular complexity index is 120. The van der Waals surface area contributed by atoms with E-state index in [0.717, 1.165) is 0 Å². The minimum absolute atomic E-state index is 0.149. The predicted molar refractivity (Wildman–Crippen MR) is 52.5 cm³/mol. The average molecular weight is 190 g/mol. The number of hydrazine groups is 1. The molecule has 0 radical (unpaired) electrons. The lowest BCUT2D eigenvalue weighted by molar-refractivity contribution is -0.169. The SMILES string of the molecule is CC(C)(C)CONNOC(C)(C)C. The van der Waals surface area contributed by atoms with Gasteiger partial charge in [-0.05, 0) is 26.2 Å². The molecule has 4 heteroatoms. The van der Waals surface area contributed by atoms with E-state index in [1.54, 1.807) is 0 Å². The molecule has 0 aromatic rings. The van der Waals surface area contributed by atoms with Crippen LogP contribution >= 0.6 is 0 Å². The van der Waals surface area contributed by atoms with E-state index in [1.807, 2.05) is 20.8 Å². The zero-order valence-electron chi connectivity index (χ0n) is 9.52. The van der Waals surface area contributed by atoms with Crippen molar-refractivity contribution in [2.75, 3.05) is 6.61 Å². The third kappa shape index (κ3) is 11.8. The molecule has 13 heavy (non-hydrogen) atoms. The van der Waals surface area contributed by atoms with Crippen molar-refractivity contribution in [1.82, 2.24) is 11.2 Å². The molecule has 0 aromatic heterocycles. The summed E-state index contributed by atoms with van der Waals surface area (Å²) >= 11 is 0. The van der Waals surface area contributed by atoms with Gasteiger partial charge in [0.15, 0.2) is 0 Å². The molecule has 0 aliphatic carbocycles. The first-order chi connectivity index (χ1) is 5.71. The Morgan fingerprint density at radius 1 is 0.923 bits per heavy atom. The Balaban J connectivity index is 3.28. The van der Waals surface area contributed by atoms with Gasteiger partial charge in [-0.1, -0.05) is 20.8 Å². The van der Waals surface area contributed by atoms with E-state index >= 15 is 0 Å². The lowest BCUT2D eigenvalue weighted by Gasteiger charge is -2.21. The molecule has 0 atom stereocenters. The molecule has 0 rings (SSSR count). The predicted octanol–water partition coefficient (Wildman–Crippen LogP) is 1.79. The second-order valence-electron chi connectivity index (χ2n) is 5.27. The lowest BCUT2D eigenvalue weighted by atomic mass is 9.99. The van der Waals surface area contributed by atoms with Gasteiger partial charge < -0.3 is 0 Å². The van der Waals surface area contributed by atoms with Crippen molar-refractivity contribution >= 4 is 0 Å². The van der Waals surface area contributed by atoms with Crippen molar-refractivity contribution in [3.8, 4) is 0 Å². The summed E-state index contributed by atoms with van der Waals surface area (Å²) in [5.41, 5.74) is 4.98. The topological polar surface area (TPSA) is 42.5 Å². The highest BCUT2D eigenvalue weighted by molar-refractivity contribution is 4.57. The van der Waals surface area contributed by atoms with E-state index in [0.29, 0.717) is 6.61 Å². The van der Waals surface area contributed by atoms with E-state index in [1.165, 1.54) is 0 Å². The summed E-state index contributed by atoms with van der Waals surface area (Å²) in [6, 6.07) is 0. The summed E-state index contributed by atoms with van der Waals surface area (Å²) in [4.78, 5) is 10.3. The zero-order chi connectivity index (χ0) is 10.5. The molecule has 0 saturated heterocycles. The minimum Gasteiger partial charge on any atom is -0.285 e. The van der Waals surface area contributed by atoms with E-state index in [2.05, 4.69) is 31.9 Å². The first kappa shape index (κ1) is 12.8. The van der Waals surface area contributed by atoms with E-state index < -0.39 is 0 Å². The van der Waals surface area contributed by atoms with Crippen LogP contribution in [0.2, 0.25) is 0 Å². The van der Waals surface area contributed by atoms with Crippen LogP contribution in [0.25, 0.3) is 0 Å². The van der Waals surface area contributed by atoms with Crippen molar-refractivity contribution in [3.05, 3.63) is 0 Å². The molecule has 0 spiro atoms. The van der Waals surface area contributed by atoms with Gasteiger partial charge in [0.2, 0.25) is 0 Å². The van der Waals surface area contributed by atoms with Gasteiger partial charge in [-0.3, -0.25) is 9.68 Å². The van der Waals surface area contributed by atoms with Crippen molar-refractivity contribution in [3.63, 3.8) is 0 Å². The standard InChI is InChI=1S/C9H22N2O2/c1-8(2,3)7-12-10-11-13-9(4,5)6/h10-11H,7H2,1-6H3. The molecular weight excluding hydrogens is 168 g/mol. The maximum Gasteiger partial charge on any atom is 0.0830 e. The molecule has 4 nitrogen and oxygen atoms in total. The van der Waals surface area contributed by atoms with Gasteiger partial charge in [-0.2, -0.15) is 0 Å². The smallest absolute Gasteiger partial charge is 0.0830 e. The molecule has 2 N–H and O–H groups in total. The Morgan fingerprint density at radius 2 is 1.46 bits per heavy atom. The van der Waals surface area contributed by atoms with Crippen LogP contribution in [-0.4, -0.2) is 12.2 Å². The fourth-order valence-corrected chi connectivity index (χ4v) is 0.456. The summed E-state index contributed by atoms with van der Waals surface area (Å²) in [5.74, 6) is 0. The first-order valence-corrected chi connectivity index (χ1v) is 4.50. The quantitative estimate of drug-likeness (QED) is 0.524. The molecule has 0 saturated carbocycles. The summed E-state index contributed by atoms with van der Waals surface area (Å²) in [6.07, 6.45) is 0. The molecule has 80 valence electrons. The molecule has 0 aromatic carbocycles. The van der Waals surface area contributed by atoms with Crippen molar-refractivity contribution in [2.24, 2.45) is 5.41 Å². The highest BCUT2D eigenvalue weighted by atomic mass is 16.8. The molecule has 0 fully saturated rings. The van der Waals surface area contributed by atoms with Gasteiger partial charge in [0.25, 0.3) is 0 Å². The molecular formula is C9H22N2O2. The normalized spacial score (nSPS) is 13.4. The number of rotatable bonds is 4. The Hall–Kier alpha value is -0.160. The number of hydrogen-bond donors (Lipinski definition) is 2. The van der Waals surface area contributed by atoms with Crippen LogP contribution in [0.1, 0.15) is 41.5 Å². The van der Waals surface area contributed by atoms with Crippen LogP contribution < -0.4 is 11.2 Å². The number of nitrogens with one attached hydrogen (secondary N) is 2. The van der Waals surface area contributed by atoms with Gasteiger partial charge in [0.05, 0.1) is 12.2 Å². The number of hydrogen-bond acceptors (Lipinski definition) is 4. The Kier molecular flexibility index (Phi) is 4.85. The van der Waals surface area contributed by atoms with Crippen LogP contribution in [0.5, 0.6) is 0 Å².